The second-order valence-corrected chi connectivity index (χ2v) is 4.00. The lowest BCUT2D eigenvalue weighted by molar-refractivity contribution is -0.385. The van der Waals surface area contributed by atoms with Crippen LogP contribution < -0.4 is 5.32 Å². The minimum atomic E-state index is -2.79. The number of hydrogen-bond acceptors (Lipinski definition) is 4. The first-order valence-corrected chi connectivity index (χ1v) is 5.37. The van der Waals surface area contributed by atoms with Crippen LogP contribution in [0.3, 0.4) is 0 Å². The van der Waals surface area contributed by atoms with Gasteiger partial charge in [0, 0.05) is 36.5 Å². The molecule has 18 heavy (non-hydrogen) atoms. The number of hydrogen-bond donors (Lipinski definition) is 2. The number of nitro groups is 1. The van der Waals surface area contributed by atoms with E-state index < -0.39 is 16.9 Å². The Morgan fingerprint density at radius 1 is 1.50 bits per heavy atom. The molecule has 100 valence electrons. The van der Waals surface area contributed by atoms with Crippen LogP contribution in [0.2, 0.25) is 0 Å². The van der Waals surface area contributed by atoms with Gasteiger partial charge in [0.2, 0.25) is 0 Å². The Morgan fingerprint density at radius 3 is 2.67 bits per heavy atom. The van der Waals surface area contributed by atoms with Crippen molar-refractivity contribution in [2.45, 2.75) is 13.3 Å². The number of rotatable bonds is 6. The van der Waals surface area contributed by atoms with Gasteiger partial charge in [0.15, 0.2) is 0 Å². The predicted octanol–water partition coefficient (Wildman–Crippen LogP) is 2.57. The minimum absolute atomic E-state index is 0.0655. The van der Waals surface area contributed by atoms with Crippen LogP contribution in [0.4, 0.5) is 20.2 Å². The van der Waals surface area contributed by atoms with Gasteiger partial charge in [-0.05, 0) is 12.0 Å². The number of aliphatic hydroxyl groups excluding tert-OH is 1. The van der Waals surface area contributed by atoms with Crippen molar-refractivity contribution in [3.05, 3.63) is 33.9 Å². The van der Waals surface area contributed by atoms with Crippen LogP contribution in [0.1, 0.15) is 18.9 Å². The average Bonchev–Trinajstić information content (AvgIpc) is 2.35. The van der Waals surface area contributed by atoms with Gasteiger partial charge in [-0.1, -0.05) is 6.92 Å². The highest BCUT2D eigenvalue weighted by Crippen LogP contribution is 2.30. The molecule has 1 atom stereocenters. The molecule has 1 aromatic rings. The Morgan fingerprint density at radius 2 is 2.17 bits per heavy atom. The summed E-state index contributed by atoms with van der Waals surface area (Å²) in [6.07, 6.45) is -2.79. The molecule has 0 amide bonds. The maximum Gasteiger partial charge on any atom is 0.270 e. The molecule has 1 rings (SSSR count). The van der Waals surface area contributed by atoms with Crippen LogP contribution in [0.25, 0.3) is 0 Å². The fourth-order valence-corrected chi connectivity index (χ4v) is 1.35. The van der Waals surface area contributed by atoms with Gasteiger partial charge in [0.25, 0.3) is 12.1 Å². The highest BCUT2D eigenvalue weighted by molar-refractivity contribution is 5.56. The second-order valence-electron chi connectivity index (χ2n) is 4.00. The lowest BCUT2D eigenvalue weighted by atomic mass is 10.1. The van der Waals surface area contributed by atoms with E-state index in [1.807, 2.05) is 0 Å². The monoisotopic (exact) mass is 260 g/mol. The summed E-state index contributed by atoms with van der Waals surface area (Å²) in [4.78, 5) is 9.79. The normalized spacial score (nSPS) is 12.5. The van der Waals surface area contributed by atoms with E-state index in [0.717, 1.165) is 12.1 Å². The number of alkyl halides is 2. The number of benzene rings is 1. The molecule has 7 heteroatoms. The van der Waals surface area contributed by atoms with Crippen LogP contribution in [-0.2, 0) is 0 Å². The van der Waals surface area contributed by atoms with Crippen molar-refractivity contribution in [1.82, 2.24) is 0 Å². The van der Waals surface area contributed by atoms with E-state index in [0.29, 0.717) is 6.54 Å². The summed E-state index contributed by atoms with van der Waals surface area (Å²) in [6.45, 7) is 2.00. The zero-order valence-corrected chi connectivity index (χ0v) is 9.77. The maximum atomic E-state index is 12.8. The quantitative estimate of drug-likeness (QED) is 0.609. The first-order chi connectivity index (χ1) is 8.45. The molecule has 0 bridgehead atoms. The summed E-state index contributed by atoms with van der Waals surface area (Å²) in [5, 5.41) is 22.1. The zero-order valence-electron chi connectivity index (χ0n) is 9.77. The van der Waals surface area contributed by atoms with Crippen molar-refractivity contribution in [3.63, 3.8) is 0 Å². The lowest BCUT2D eigenvalue weighted by Crippen LogP contribution is -2.15. The van der Waals surface area contributed by atoms with Crippen molar-refractivity contribution < 1.29 is 18.8 Å². The molecule has 0 aliphatic carbocycles. The highest BCUT2D eigenvalue weighted by Gasteiger charge is 2.18. The molecule has 0 fully saturated rings. The van der Waals surface area contributed by atoms with E-state index in [1.165, 1.54) is 6.07 Å². The number of nitrogens with zero attached hydrogens (tertiary/aromatic N) is 1. The third kappa shape index (κ3) is 3.63. The molecule has 5 nitrogen and oxygen atoms in total. The Kier molecular flexibility index (Phi) is 4.96. The molecule has 1 unspecified atom stereocenters. The summed E-state index contributed by atoms with van der Waals surface area (Å²) in [5.41, 5.74) is -0.628. The SMILES string of the molecule is CC(CO)CNc1ccc([N+](=O)[O-])cc1C(F)F. The molecule has 0 aromatic heterocycles. The number of aliphatic hydroxyl groups is 1. The minimum Gasteiger partial charge on any atom is -0.396 e. The fourth-order valence-electron chi connectivity index (χ4n) is 1.35. The first kappa shape index (κ1) is 14.3. The van der Waals surface area contributed by atoms with Crippen molar-refractivity contribution >= 4 is 11.4 Å². The summed E-state index contributed by atoms with van der Waals surface area (Å²) in [7, 11) is 0. The smallest absolute Gasteiger partial charge is 0.270 e. The van der Waals surface area contributed by atoms with E-state index in [2.05, 4.69) is 5.32 Å². The Hall–Kier alpha value is -1.76. The molecule has 0 aliphatic rings. The molecule has 0 saturated heterocycles. The van der Waals surface area contributed by atoms with E-state index in [4.69, 9.17) is 5.11 Å². The number of nitro benzene ring substituents is 1. The largest absolute Gasteiger partial charge is 0.396 e. The van der Waals surface area contributed by atoms with E-state index in [9.17, 15) is 18.9 Å². The van der Waals surface area contributed by atoms with Gasteiger partial charge in [-0.2, -0.15) is 0 Å². The second kappa shape index (κ2) is 6.25. The van der Waals surface area contributed by atoms with Crippen LogP contribution in [-0.4, -0.2) is 23.2 Å². The molecule has 0 heterocycles. The third-order valence-corrected chi connectivity index (χ3v) is 2.43. The Balaban J connectivity index is 2.93. The Labute approximate surface area is 103 Å². The Bertz CT molecular complexity index is 427. The van der Waals surface area contributed by atoms with Crippen LogP contribution in [0, 0.1) is 16.0 Å². The number of anilines is 1. The molecule has 0 radical (unpaired) electrons. The molecule has 0 saturated carbocycles. The maximum absolute atomic E-state index is 12.8. The number of halogens is 2. The molecule has 0 spiro atoms. The fraction of sp³-hybridized carbons (Fsp3) is 0.455. The summed E-state index contributed by atoms with van der Waals surface area (Å²) in [5.74, 6) is -0.0919. The van der Waals surface area contributed by atoms with Crippen LogP contribution >= 0.6 is 0 Å². The van der Waals surface area contributed by atoms with E-state index >= 15 is 0 Å². The van der Waals surface area contributed by atoms with Crippen LogP contribution in [0.5, 0.6) is 0 Å². The van der Waals surface area contributed by atoms with Gasteiger partial charge in [0.1, 0.15) is 0 Å². The number of non-ortho nitro benzene ring substituents is 1. The molecule has 2 N–H and O–H groups in total. The van der Waals surface area contributed by atoms with Crippen molar-refractivity contribution in [2.75, 3.05) is 18.5 Å². The van der Waals surface area contributed by atoms with Crippen molar-refractivity contribution in [1.29, 1.82) is 0 Å². The topological polar surface area (TPSA) is 75.4 Å². The summed E-state index contributed by atoms with van der Waals surface area (Å²) in [6, 6.07) is 3.28. The summed E-state index contributed by atoms with van der Waals surface area (Å²) >= 11 is 0. The predicted molar refractivity (Wildman–Crippen MR) is 62.8 cm³/mol. The molecular weight excluding hydrogens is 246 g/mol. The van der Waals surface area contributed by atoms with Gasteiger partial charge in [-0.25, -0.2) is 8.78 Å². The van der Waals surface area contributed by atoms with Gasteiger partial charge in [-0.15, -0.1) is 0 Å². The van der Waals surface area contributed by atoms with Crippen LogP contribution in [0.15, 0.2) is 18.2 Å². The van der Waals surface area contributed by atoms with Gasteiger partial charge < -0.3 is 10.4 Å². The molecule has 0 aliphatic heterocycles. The highest BCUT2D eigenvalue weighted by atomic mass is 19.3. The third-order valence-electron chi connectivity index (χ3n) is 2.43. The van der Waals surface area contributed by atoms with Gasteiger partial charge in [0.05, 0.1) is 4.92 Å². The molecular formula is C11H14F2N2O3. The first-order valence-electron chi connectivity index (χ1n) is 5.37. The van der Waals surface area contributed by atoms with E-state index in [-0.39, 0.29) is 23.9 Å². The number of nitrogens with one attached hydrogen (secondary N) is 1. The van der Waals surface area contributed by atoms with Crippen molar-refractivity contribution in [2.24, 2.45) is 5.92 Å². The lowest BCUT2D eigenvalue weighted by Gasteiger charge is -2.14. The average molecular weight is 260 g/mol. The van der Waals surface area contributed by atoms with Gasteiger partial charge >= 0.3 is 0 Å². The van der Waals surface area contributed by atoms with Gasteiger partial charge in [-0.3, -0.25) is 10.1 Å². The van der Waals surface area contributed by atoms with E-state index in [1.54, 1.807) is 6.92 Å². The van der Waals surface area contributed by atoms with Crippen molar-refractivity contribution in [3.8, 4) is 0 Å². The summed E-state index contributed by atoms with van der Waals surface area (Å²) < 4.78 is 25.5. The zero-order chi connectivity index (χ0) is 13.7. The standard InChI is InChI=1S/C11H14F2N2O3/c1-7(6-16)5-14-10-3-2-8(15(17)18)4-9(10)11(12)13/h2-4,7,11,14,16H,5-6H2,1H3. The molecule has 1 aromatic carbocycles.